The van der Waals surface area contributed by atoms with Gasteiger partial charge in [0.05, 0.1) is 12.2 Å². The Labute approximate surface area is 201 Å². The normalized spacial score (nSPS) is 34.3. The predicted octanol–water partition coefficient (Wildman–Crippen LogP) is 6.29. The number of carbonyl (C=O) groups is 1. The number of halogens is 4. The molecule has 4 aliphatic rings. The zero-order chi connectivity index (χ0) is 23.7. The highest BCUT2D eigenvalue weighted by Crippen LogP contribution is 2.55. The van der Waals surface area contributed by atoms with E-state index in [1.54, 1.807) is 24.3 Å². The van der Waals surface area contributed by atoms with Crippen molar-refractivity contribution in [2.45, 2.75) is 75.2 Å². The second-order valence-electron chi connectivity index (χ2n) is 10.8. The van der Waals surface area contributed by atoms with Crippen molar-refractivity contribution in [3.8, 4) is 0 Å². The SMILES string of the molecule is O=C(NC12CC3CCCC(C1)C(C3)C2)c1cnn2c1NC(c1ccc(Cl)cc1)CC2C(F)(F)F. The van der Waals surface area contributed by atoms with Gasteiger partial charge in [0.25, 0.3) is 5.91 Å². The van der Waals surface area contributed by atoms with Crippen LogP contribution in [0.2, 0.25) is 5.02 Å². The van der Waals surface area contributed by atoms with Gasteiger partial charge in [-0.1, -0.05) is 43.0 Å². The Morgan fingerprint density at radius 2 is 1.88 bits per heavy atom. The molecule has 182 valence electrons. The van der Waals surface area contributed by atoms with E-state index in [2.05, 4.69) is 15.7 Å². The molecule has 0 radical (unpaired) electrons. The lowest BCUT2D eigenvalue weighted by Gasteiger charge is -2.39. The number of carbonyl (C=O) groups excluding carboxylic acids is 1. The van der Waals surface area contributed by atoms with Gasteiger partial charge >= 0.3 is 6.18 Å². The van der Waals surface area contributed by atoms with Crippen LogP contribution in [-0.4, -0.2) is 27.4 Å². The number of nitrogens with one attached hydrogen (secondary N) is 2. The molecule has 5 nitrogen and oxygen atoms in total. The summed E-state index contributed by atoms with van der Waals surface area (Å²) in [4.78, 5) is 13.5. The highest BCUT2D eigenvalue weighted by Gasteiger charge is 2.53. The van der Waals surface area contributed by atoms with E-state index < -0.39 is 18.3 Å². The molecule has 1 aromatic carbocycles. The molecule has 3 fully saturated rings. The lowest BCUT2D eigenvalue weighted by molar-refractivity contribution is -0.173. The van der Waals surface area contributed by atoms with Crippen molar-refractivity contribution in [2.75, 3.05) is 5.32 Å². The van der Waals surface area contributed by atoms with Gasteiger partial charge in [-0.15, -0.1) is 0 Å². The number of rotatable bonds is 3. The Morgan fingerprint density at radius 1 is 1.12 bits per heavy atom. The Bertz CT molecular complexity index is 1100. The van der Waals surface area contributed by atoms with E-state index >= 15 is 0 Å². The molecule has 0 spiro atoms. The third-order valence-corrected chi connectivity index (χ3v) is 8.86. The van der Waals surface area contributed by atoms with Gasteiger partial charge in [-0.25, -0.2) is 4.68 Å². The minimum Gasteiger partial charge on any atom is -0.363 e. The number of hydrogen-bond donors (Lipinski definition) is 2. The van der Waals surface area contributed by atoms with Crippen molar-refractivity contribution in [3.63, 3.8) is 0 Å². The molecule has 34 heavy (non-hydrogen) atoms. The van der Waals surface area contributed by atoms with E-state index in [9.17, 15) is 18.0 Å². The second-order valence-corrected chi connectivity index (χ2v) is 11.2. The number of amides is 1. The van der Waals surface area contributed by atoms with Crippen LogP contribution in [0.3, 0.4) is 0 Å². The van der Waals surface area contributed by atoms with Crippen molar-refractivity contribution >= 4 is 23.3 Å². The summed E-state index contributed by atoms with van der Waals surface area (Å²) in [7, 11) is 0. The first-order valence-corrected chi connectivity index (χ1v) is 12.6. The van der Waals surface area contributed by atoms with Crippen molar-refractivity contribution in [1.82, 2.24) is 15.1 Å². The average molecular weight is 493 g/mol. The molecule has 3 aliphatic carbocycles. The molecule has 6 unspecified atom stereocenters. The summed E-state index contributed by atoms with van der Waals surface area (Å²) in [6.45, 7) is 0. The van der Waals surface area contributed by atoms with E-state index in [0.29, 0.717) is 28.3 Å². The third-order valence-electron chi connectivity index (χ3n) is 8.61. The third kappa shape index (κ3) is 3.78. The van der Waals surface area contributed by atoms with E-state index in [1.165, 1.54) is 31.9 Å². The van der Waals surface area contributed by atoms with E-state index in [-0.39, 0.29) is 29.2 Å². The molecule has 1 aromatic heterocycles. The molecule has 6 rings (SSSR count). The van der Waals surface area contributed by atoms with E-state index in [4.69, 9.17) is 11.6 Å². The maximum atomic E-state index is 14.0. The predicted molar refractivity (Wildman–Crippen MR) is 123 cm³/mol. The molecule has 3 bridgehead atoms. The average Bonchev–Trinajstić information content (AvgIpc) is 3.26. The Morgan fingerprint density at radius 3 is 2.65 bits per heavy atom. The van der Waals surface area contributed by atoms with Gasteiger partial charge in [-0.2, -0.15) is 18.3 Å². The minimum atomic E-state index is -4.49. The maximum absolute atomic E-state index is 14.0. The van der Waals surface area contributed by atoms with Crippen LogP contribution >= 0.6 is 11.6 Å². The van der Waals surface area contributed by atoms with Gasteiger partial charge in [-0.05, 0) is 61.1 Å². The fraction of sp³-hybridized carbons (Fsp3) is 0.600. The Hall–Kier alpha value is -2.22. The van der Waals surface area contributed by atoms with Crippen LogP contribution in [0.15, 0.2) is 30.5 Å². The molecule has 0 saturated heterocycles. The van der Waals surface area contributed by atoms with Crippen LogP contribution in [0.1, 0.15) is 79.4 Å². The molecule has 2 heterocycles. The van der Waals surface area contributed by atoms with Crippen LogP contribution in [-0.2, 0) is 0 Å². The minimum absolute atomic E-state index is 0.132. The first-order chi connectivity index (χ1) is 16.2. The monoisotopic (exact) mass is 492 g/mol. The molecule has 6 atom stereocenters. The molecule has 3 saturated carbocycles. The summed E-state index contributed by atoms with van der Waals surface area (Å²) in [6.07, 6.45) is 4.48. The summed E-state index contributed by atoms with van der Waals surface area (Å²) < 4.78 is 42.9. The van der Waals surface area contributed by atoms with Crippen molar-refractivity contribution in [3.05, 3.63) is 46.6 Å². The highest BCUT2D eigenvalue weighted by atomic mass is 35.5. The van der Waals surface area contributed by atoms with Gasteiger partial charge < -0.3 is 10.6 Å². The van der Waals surface area contributed by atoms with E-state index in [1.807, 2.05) is 0 Å². The van der Waals surface area contributed by atoms with Crippen molar-refractivity contribution < 1.29 is 18.0 Å². The number of aromatic nitrogens is 2. The quantitative estimate of drug-likeness (QED) is 0.529. The molecule has 9 heteroatoms. The summed E-state index contributed by atoms with van der Waals surface area (Å²) in [5, 5.41) is 11.0. The van der Waals surface area contributed by atoms with Crippen molar-refractivity contribution in [2.24, 2.45) is 17.8 Å². The smallest absolute Gasteiger partial charge is 0.363 e. The van der Waals surface area contributed by atoms with Gasteiger partial charge in [0, 0.05) is 17.0 Å². The summed E-state index contributed by atoms with van der Waals surface area (Å²) in [6, 6.07) is 4.35. The second kappa shape index (κ2) is 7.90. The van der Waals surface area contributed by atoms with Gasteiger partial charge in [-0.3, -0.25) is 4.79 Å². The standard InChI is InChI=1S/C25H28ClF3N4O/c26-18-6-4-15(5-7-18)20-9-21(25(27,28)29)33-22(31-20)19(13-30-33)23(34)32-24-10-14-2-1-3-16(11-24)17(8-14)12-24/h4-7,13-14,16-17,20-21,31H,1-3,8-12H2,(H,32,34). The zero-order valence-electron chi connectivity index (χ0n) is 18.7. The maximum Gasteiger partial charge on any atom is 0.410 e. The molecule has 1 amide bonds. The van der Waals surface area contributed by atoms with Crippen LogP contribution in [0.5, 0.6) is 0 Å². The lowest BCUT2D eigenvalue weighted by atomic mass is 9.75. The molecular weight excluding hydrogens is 465 g/mol. The van der Waals surface area contributed by atoms with E-state index in [0.717, 1.165) is 23.9 Å². The fourth-order valence-electron chi connectivity index (χ4n) is 7.26. The first kappa shape index (κ1) is 22.3. The number of anilines is 1. The van der Waals surface area contributed by atoms with Crippen LogP contribution in [0, 0.1) is 17.8 Å². The number of hydrogen-bond acceptors (Lipinski definition) is 3. The van der Waals surface area contributed by atoms with Crippen LogP contribution in [0.25, 0.3) is 0 Å². The molecule has 2 aromatic rings. The highest BCUT2D eigenvalue weighted by molar-refractivity contribution is 6.30. The Balaban J connectivity index is 1.30. The lowest BCUT2D eigenvalue weighted by Crippen LogP contribution is -2.50. The molecule has 1 aliphatic heterocycles. The number of benzene rings is 1. The largest absolute Gasteiger partial charge is 0.410 e. The molecule has 2 N–H and O–H groups in total. The van der Waals surface area contributed by atoms with Gasteiger partial charge in [0.15, 0.2) is 6.04 Å². The number of alkyl halides is 3. The van der Waals surface area contributed by atoms with Crippen LogP contribution < -0.4 is 10.6 Å². The topological polar surface area (TPSA) is 59.0 Å². The summed E-state index contributed by atoms with van der Waals surface area (Å²) >= 11 is 5.97. The fourth-order valence-corrected chi connectivity index (χ4v) is 7.38. The first-order valence-electron chi connectivity index (χ1n) is 12.2. The molecular formula is C25H28ClF3N4O. The Kier molecular flexibility index (Phi) is 5.17. The van der Waals surface area contributed by atoms with Crippen LogP contribution in [0.4, 0.5) is 19.0 Å². The van der Waals surface area contributed by atoms with Gasteiger partial charge in [0.1, 0.15) is 11.4 Å². The van der Waals surface area contributed by atoms with Crippen molar-refractivity contribution in [1.29, 1.82) is 0 Å². The zero-order valence-corrected chi connectivity index (χ0v) is 19.5. The number of fused-ring (bicyclic) bond motifs is 3. The summed E-state index contributed by atoms with van der Waals surface area (Å²) in [5.41, 5.74) is 0.634. The number of nitrogens with zero attached hydrogens (tertiary/aromatic N) is 2. The van der Waals surface area contributed by atoms with Gasteiger partial charge in [0.2, 0.25) is 0 Å². The summed E-state index contributed by atoms with van der Waals surface area (Å²) in [5.74, 6) is 1.75.